The predicted octanol–water partition coefficient (Wildman–Crippen LogP) is 3.81. The third-order valence-electron chi connectivity index (χ3n) is 10.5. The van der Waals surface area contributed by atoms with Crippen molar-refractivity contribution in [1.29, 1.82) is 0 Å². The number of nitrogens with one attached hydrogen (secondary N) is 5. The number of carbonyl (C=O) groups is 5. The number of aromatic amines is 1. The zero-order chi connectivity index (χ0) is 32.3. The van der Waals surface area contributed by atoms with Crippen LogP contribution in [-0.2, 0) is 19.2 Å². The van der Waals surface area contributed by atoms with Crippen molar-refractivity contribution >= 4 is 40.3 Å². The summed E-state index contributed by atoms with van der Waals surface area (Å²) in [6, 6.07) is 5.07. The lowest BCUT2D eigenvalue weighted by atomic mass is 9.78. The second kappa shape index (κ2) is 13.8. The summed E-state index contributed by atoms with van der Waals surface area (Å²) < 4.78 is 5.44. The molecule has 6 rings (SSSR count). The van der Waals surface area contributed by atoms with Crippen molar-refractivity contribution < 1.29 is 28.7 Å². The molecule has 0 bridgehead atoms. The number of amides is 4. The van der Waals surface area contributed by atoms with Crippen LogP contribution in [0.15, 0.2) is 24.3 Å². The molecule has 0 radical (unpaired) electrons. The molecule has 4 amide bonds. The molecular formula is C35H47N5O6. The number of H-pyrrole nitrogens is 1. The molecule has 46 heavy (non-hydrogen) atoms. The van der Waals surface area contributed by atoms with E-state index in [0.29, 0.717) is 18.6 Å². The summed E-state index contributed by atoms with van der Waals surface area (Å²) in [7, 11) is 1.57. The number of carbonyl (C=O) groups excluding carboxylic acids is 5. The topological polar surface area (TPSA) is 158 Å². The summed E-state index contributed by atoms with van der Waals surface area (Å²) in [6.07, 6.45) is 12.9. The van der Waals surface area contributed by atoms with E-state index in [1.54, 1.807) is 13.2 Å². The monoisotopic (exact) mass is 633 g/mol. The zero-order valence-electron chi connectivity index (χ0n) is 26.8. The maximum Gasteiger partial charge on any atom is 0.289 e. The fraction of sp³-hybridized carbons (Fsp3) is 0.629. The van der Waals surface area contributed by atoms with Crippen molar-refractivity contribution in [3.8, 4) is 5.75 Å². The Balaban J connectivity index is 1.21. The maximum absolute atomic E-state index is 14.0. The second-order valence-electron chi connectivity index (χ2n) is 14.0. The summed E-state index contributed by atoms with van der Waals surface area (Å²) >= 11 is 0. The van der Waals surface area contributed by atoms with Gasteiger partial charge in [-0.2, -0.15) is 0 Å². The van der Waals surface area contributed by atoms with Crippen molar-refractivity contribution in [3.05, 3.63) is 30.0 Å². The highest BCUT2D eigenvalue weighted by Crippen LogP contribution is 2.39. The minimum atomic E-state index is -1.18. The zero-order valence-corrected chi connectivity index (χ0v) is 26.8. The Hall–Kier alpha value is -3.89. The summed E-state index contributed by atoms with van der Waals surface area (Å²) in [5.74, 6) is -2.20. The first-order valence-corrected chi connectivity index (χ1v) is 17.2. The van der Waals surface area contributed by atoms with E-state index < -0.39 is 41.5 Å². The first-order valence-electron chi connectivity index (χ1n) is 17.2. The molecule has 3 saturated carbocycles. The lowest BCUT2D eigenvalue weighted by Gasteiger charge is -2.33. The van der Waals surface area contributed by atoms with E-state index in [4.69, 9.17) is 4.74 Å². The van der Waals surface area contributed by atoms with Crippen LogP contribution in [0, 0.1) is 11.8 Å². The van der Waals surface area contributed by atoms with Gasteiger partial charge in [-0.25, -0.2) is 0 Å². The molecule has 11 heteroatoms. The molecular weight excluding hydrogens is 586 g/mol. The van der Waals surface area contributed by atoms with Gasteiger partial charge in [0.15, 0.2) is 0 Å². The third-order valence-corrected chi connectivity index (χ3v) is 10.5. The van der Waals surface area contributed by atoms with Crippen LogP contribution in [0.1, 0.15) is 107 Å². The molecule has 4 fully saturated rings. The number of hydrogen-bond donors (Lipinski definition) is 5. The number of fused-ring (bicyclic) bond motifs is 1. The molecule has 3 aliphatic carbocycles. The Morgan fingerprint density at radius 2 is 1.67 bits per heavy atom. The number of ether oxygens (including phenoxy) is 1. The van der Waals surface area contributed by atoms with Crippen LogP contribution in [0.4, 0.5) is 0 Å². The molecule has 11 nitrogen and oxygen atoms in total. The Morgan fingerprint density at radius 1 is 0.935 bits per heavy atom. The molecule has 5 N–H and O–H groups in total. The number of methoxy groups -OCH3 is 1. The molecule has 2 heterocycles. The van der Waals surface area contributed by atoms with E-state index in [0.717, 1.165) is 88.0 Å². The third kappa shape index (κ3) is 7.39. The fourth-order valence-corrected chi connectivity index (χ4v) is 7.81. The van der Waals surface area contributed by atoms with Crippen LogP contribution in [0.2, 0.25) is 0 Å². The number of ketones is 1. The first kappa shape index (κ1) is 32.1. The van der Waals surface area contributed by atoms with Gasteiger partial charge >= 0.3 is 0 Å². The Bertz CT molecular complexity index is 1470. The summed E-state index contributed by atoms with van der Waals surface area (Å²) in [6.45, 7) is 0. The average Bonchev–Trinajstić information content (AvgIpc) is 3.68. The largest absolute Gasteiger partial charge is 0.496 e. The van der Waals surface area contributed by atoms with Gasteiger partial charge in [0.2, 0.25) is 17.6 Å². The van der Waals surface area contributed by atoms with Gasteiger partial charge in [0, 0.05) is 28.4 Å². The highest BCUT2D eigenvalue weighted by molar-refractivity contribution is 6.38. The van der Waals surface area contributed by atoms with Crippen molar-refractivity contribution in [3.63, 3.8) is 0 Å². The number of hydrogen-bond acceptors (Lipinski definition) is 6. The second-order valence-corrected chi connectivity index (χ2v) is 14.0. The minimum absolute atomic E-state index is 0.0265. The maximum atomic E-state index is 14.0. The molecule has 248 valence electrons. The number of rotatable bonds is 12. The van der Waals surface area contributed by atoms with E-state index in [9.17, 15) is 24.0 Å². The molecule has 4 aliphatic rings. The summed E-state index contributed by atoms with van der Waals surface area (Å²) in [5.41, 5.74) is 0.752. The van der Waals surface area contributed by atoms with E-state index in [1.807, 2.05) is 18.2 Å². The summed E-state index contributed by atoms with van der Waals surface area (Å²) in [4.78, 5) is 70.4. The SMILES string of the molecule is COc1cccc2[nH]c(C(=O)N[C@@H](CC3CCCCC3)C(=O)NC(CC3CC4(CCCCC4)NC3=O)C(=O)C(=O)NC3CC3)cc12. The average molecular weight is 634 g/mol. The predicted molar refractivity (Wildman–Crippen MR) is 172 cm³/mol. The van der Waals surface area contributed by atoms with Gasteiger partial charge < -0.3 is 31.0 Å². The highest BCUT2D eigenvalue weighted by Gasteiger charge is 2.46. The molecule has 1 saturated heterocycles. The van der Waals surface area contributed by atoms with E-state index in [2.05, 4.69) is 26.3 Å². The number of Topliss-reactive ketones (excluding diaryl/α,β-unsaturated/α-hetero) is 1. The van der Waals surface area contributed by atoms with E-state index in [1.165, 1.54) is 0 Å². The van der Waals surface area contributed by atoms with Gasteiger partial charge in [-0.3, -0.25) is 24.0 Å². The Labute approximate surface area is 269 Å². The van der Waals surface area contributed by atoms with Gasteiger partial charge in [-0.05, 0) is 69.1 Å². The van der Waals surface area contributed by atoms with Crippen LogP contribution in [0.25, 0.3) is 10.9 Å². The van der Waals surface area contributed by atoms with Crippen molar-refractivity contribution in [2.45, 2.75) is 120 Å². The Morgan fingerprint density at radius 3 is 2.39 bits per heavy atom. The van der Waals surface area contributed by atoms with Gasteiger partial charge in [0.05, 0.1) is 13.2 Å². The molecule has 3 atom stereocenters. The lowest BCUT2D eigenvalue weighted by molar-refractivity contribution is -0.141. The van der Waals surface area contributed by atoms with Crippen LogP contribution in [0.5, 0.6) is 5.75 Å². The smallest absolute Gasteiger partial charge is 0.289 e. The number of benzene rings is 1. The van der Waals surface area contributed by atoms with Crippen LogP contribution < -0.4 is 26.0 Å². The van der Waals surface area contributed by atoms with Gasteiger partial charge in [0.1, 0.15) is 17.5 Å². The molecule has 1 aromatic carbocycles. The van der Waals surface area contributed by atoms with Crippen LogP contribution in [-0.4, -0.2) is 65.2 Å². The highest BCUT2D eigenvalue weighted by atomic mass is 16.5. The van der Waals surface area contributed by atoms with E-state index in [-0.39, 0.29) is 35.5 Å². The quantitative estimate of drug-likeness (QED) is 0.224. The van der Waals surface area contributed by atoms with Crippen molar-refractivity contribution in [2.75, 3.05) is 7.11 Å². The molecule has 1 aliphatic heterocycles. The van der Waals surface area contributed by atoms with Crippen molar-refractivity contribution in [2.24, 2.45) is 11.8 Å². The lowest BCUT2D eigenvalue weighted by Crippen LogP contribution is -2.55. The van der Waals surface area contributed by atoms with Crippen molar-refractivity contribution in [1.82, 2.24) is 26.3 Å². The Kier molecular flexibility index (Phi) is 9.65. The molecule has 1 spiro atoms. The first-order chi connectivity index (χ1) is 22.2. The molecule has 2 unspecified atom stereocenters. The van der Waals surface area contributed by atoms with E-state index >= 15 is 0 Å². The van der Waals surface area contributed by atoms with Gasteiger partial charge in [-0.1, -0.05) is 57.4 Å². The minimum Gasteiger partial charge on any atom is -0.496 e. The van der Waals surface area contributed by atoms with Crippen LogP contribution >= 0.6 is 0 Å². The van der Waals surface area contributed by atoms with Gasteiger partial charge in [-0.15, -0.1) is 0 Å². The standard InChI is InChI=1S/C35H47N5O6/c1-46-29-12-8-11-25-24(29)19-28(37-25)33(44)39-27(17-21-9-4-2-5-10-21)32(43)38-26(30(41)34(45)36-23-13-14-23)18-22-20-35(40-31(22)42)15-6-3-7-16-35/h8,11-12,19,21-23,26-27,37H,2-7,9-10,13-18,20H2,1H3,(H,36,45)(H,38,43)(H,39,44)(H,40,42)/t22?,26?,27-/m0/s1. The fourth-order valence-electron chi connectivity index (χ4n) is 7.81. The molecule has 2 aromatic rings. The van der Waals surface area contributed by atoms with Gasteiger partial charge in [0.25, 0.3) is 11.8 Å². The molecule has 1 aromatic heterocycles. The van der Waals surface area contributed by atoms with Crippen LogP contribution in [0.3, 0.4) is 0 Å². The normalized spacial score (nSPS) is 22.5. The summed E-state index contributed by atoms with van der Waals surface area (Å²) in [5, 5.41) is 12.5. The number of aromatic nitrogens is 1.